The van der Waals surface area contributed by atoms with E-state index in [1.807, 2.05) is 25.1 Å². The van der Waals surface area contributed by atoms with Crippen molar-refractivity contribution >= 4 is 29.2 Å². The molecule has 0 unspecified atom stereocenters. The van der Waals surface area contributed by atoms with Crippen LogP contribution in [0.25, 0.3) is 6.08 Å². The molecule has 2 aromatic rings. The number of carbonyl (C=O) groups excluding carboxylic acids is 2. The Kier molecular flexibility index (Phi) is 8.95. The maximum atomic E-state index is 12.3. The molecule has 2 rings (SSSR count). The first-order valence-electron chi connectivity index (χ1n) is 9.66. The van der Waals surface area contributed by atoms with Crippen molar-refractivity contribution in [3.8, 4) is 5.75 Å². The Labute approximate surface area is 171 Å². The second kappa shape index (κ2) is 11.4. The lowest BCUT2D eigenvalue weighted by molar-refractivity contribution is 0.0606. The quantitative estimate of drug-likeness (QED) is 0.260. The number of esters is 1. The summed E-state index contributed by atoms with van der Waals surface area (Å²) in [6.45, 7) is 4.19. The van der Waals surface area contributed by atoms with Gasteiger partial charge in [-0.2, -0.15) is 0 Å². The van der Waals surface area contributed by atoms with Gasteiger partial charge in [0.15, 0.2) is 6.61 Å². The second-order valence-electron chi connectivity index (χ2n) is 6.64. The number of methoxy groups -OCH3 is 1. The van der Waals surface area contributed by atoms with Gasteiger partial charge < -0.3 is 9.47 Å². The number of rotatable bonds is 11. The molecule has 0 saturated carbocycles. The molecule has 0 amide bonds. The van der Waals surface area contributed by atoms with Crippen molar-refractivity contribution in [2.45, 2.75) is 46.0 Å². The Morgan fingerprint density at radius 1 is 1.07 bits per heavy atom. The summed E-state index contributed by atoms with van der Waals surface area (Å²) in [6, 6.07) is 9.06. The van der Waals surface area contributed by atoms with Crippen LogP contribution in [0.4, 0.5) is 0 Å². The number of aryl methyl sites for hydroxylation is 1. The van der Waals surface area contributed by atoms with Gasteiger partial charge in [-0.25, -0.2) is 4.79 Å². The minimum Gasteiger partial charge on any atom is -0.485 e. The van der Waals surface area contributed by atoms with E-state index in [1.165, 1.54) is 32.8 Å². The van der Waals surface area contributed by atoms with Crippen LogP contribution in [0.5, 0.6) is 5.75 Å². The highest BCUT2D eigenvalue weighted by molar-refractivity contribution is 7.15. The van der Waals surface area contributed by atoms with Gasteiger partial charge in [0, 0.05) is 0 Å². The summed E-state index contributed by atoms with van der Waals surface area (Å²) in [4.78, 5) is 24.6. The Bertz CT molecular complexity index is 820. The number of carbonyl (C=O) groups is 2. The predicted molar refractivity (Wildman–Crippen MR) is 114 cm³/mol. The molecule has 5 heteroatoms. The molecule has 0 atom stereocenters. The van der Waals surface area contributed by atoms with E-state index in [4.69, 9.17) is 4.74 Å². The molecule has 0 saturated heterocycles. The summed E-state index contributed by atoms with van der Waals surface area (Å²) in [6.07, 6.45) is 10.5. The van der Waals surface area contributed by atoms with Crippen molar-refractivity contribution in [1.82, 2.24) is 0 Å². The first kappa shape index (κ1) is 21.9. The van der Waals surface area contributed by atoms with Gasteiger partial charge >= 0.3 is 5.97 Å². The molecule has 28 heavy (non-hydrogen) atoms. The number of ether oxygens (including phenoxy) is 2. The zero-order valence-electron chi connectivity index (χ0n) is 16.8. The Balaban J connectivity index is 1.86. The number of unbranched alkanes of at least 4 members (excludes halogenated alkanes) is 4. The Morgan fingerprint density at radius 3 is 2.57 bits per heavy atom. The molecule has 0 bridgehead atoms. The van der Waals surface area contributed by atoms with Crippen LogP contribution in [0.15, 0.2) is 36.4 Å². The molecular formula is C23H28O4S. The summed E-state index contributed by atoms with van der Waals surface area (Å²) >= 11 is 1.12. The molecule has 0 aliphatic carbocycles. The first-order valence-corrected chi connectivity index (χ1v) is 10.5. The third-order valence-electron chi connectivity index (χ3n) is 4.40. The lowest BCUT2D eigenvalue weighted by Crippen LogP contribution is -2.10. The number of Topliss-reactive ketones (excluding diaryl/α,β-unsaturated/α-hetero) is 1. The van der Waals surface area contributed by atoms with Gasteiger partial charge in [0.25, 0.3) is 0 Å². The van der Waals surface area contributed by atoms with Crippen LogP contribution in [-0.4, -0.2) is 25.5 Å². The van der Waals surface area contributed by atoms with Crippen LogP contribution in [0, 0.1) is 6.92 Å². The van der Waals surface area contributed by atoms with E-state index in [2.05, 4.69) is 23.8 Å². The van der Waals surface area contributed by atoms with Gasteiger partial charge in [-0.3, -0.25) is 4.79 Å². The van der Waals surface area contributed by atoms with E-state index < -0.39 is 5.97 Å². The summed E-state index contributed by atoms with van der Waals surface area (Å²) in [5.41, 5.74) is 2.27. The molecule has 0 aliphatic heterocycles. The normalized spacial score (nSPS) is 11.0. The lowest BCUT2D eigenvalue weighted by atomic mass is 10.1. The molecule has 150 valence electrons. The fourth-order valence-corrected chi connectivity index (χ4v) is 3.59. The second-order valence-corrected chi connectivity index (χ2v) is 7.72. The number of hydrogen-bond acceptors (Lipinski definition) is 5. The SMILES string of the molecule is CCCCCC/C=C/c1ccc(OCC(=O)c2ccc(C(=O)OC)s2)cc1C. The number of benzene rings is 1. The molecule has 0 spiro atoms. The van der Waals surface area contributed by atoms with E-state index in [9.17, 15) is 9.59 Å². The molecular weight excluding hydrogens is 372 g/mol. The Morgan fingerprint density at radius 2 is 1.86 bits per heavy atom. The van der Waals surface area contributed by atoms with E-state index in [0.717, 1.165) is 28.9 Å². The van der Waals surface area contributed by atoms with Crippen LogP contribution < -0.4 is 4.74 Å². The number of hydrogen-bond donors (Lipinski definition) is 0. The highest BCUT2D eigenvalue weighted by atomic mass is 32.1. The van der Waals surface area contributed by atoms with Gasteiger partial charge in [-0.15, -0.1) is 11.3 Å². The van der Waals surface area contributed by atoms with Gasteiger partial charge in [-0.05, 0) is 55.2 Å². The largest absolute Gasteiger partial charge is 0.485 e. The smallest absolute Gasteiger partial charge is 0.348 e. The minimum atomic E-state index is -0.436. The fourth-order valence-electron chi connectivity index (χ4n) is 2.74. The number of ketones is 1. The third-order valence-corrected chi connectivity index (χ3v) is 5.51. The predicted octanol–water partition coefficient (Wildman–Crippen LogP) is 6.09. The molecule has 1 aromatic carbocycles. The van der Waals surface area contributed by atoms with Crippen LogP contribution in [0.1, 0.15) is 69.5 Å². The monoisotopic (exact) mass is 400 g/mol. The van der Waals surface area contributed by atoms with Crippen LogP contribution in [0.3, 0.4) is 0 Å². The summed E-state index contributed by atoms with van der Waals surface area (Å²) in [5.74, 6) is 0.0687. The van der Waals surface area contributed by atoms with Crippen molar-refractivity contribution in [1.29, 1.82) is 0 Å². The Hall–Kier alpha value is -2.40. The highest BCUT2D eigenvalue weighted by Crippen LogP contribution is 2.21. The molecule has 0 fully saturated rings. The lowest BCUT2D eigenvalue weighted by Gasteiger charge is -2.07. The molecule has 0 aliphatic rings. The molecule has 4 nitrogen and oxygen atoms in total. The molecule has 0 N–H and O–H groups in total. The minimum absolute atomic E-state index is 0.0623. The topological polar surface area (TPSA) is 52.6 Å². The van der Waals surface area contributed by atoms with Crippen LogP contribution in [0.2, 0.25) is 0 Å². The zero-order valence-corrected chi connectivity index (χ0v) is 17.6. The van der Waals surface area contributed by atoms with E-state index in [0.29, 0.717) is 15.5 Å². The van der Waals surface area contributed by atoms with Crippen molar-refractivity contribution < 1.29 is 19.1 Å². The molecule has 1 heterocycles. The average Bonchev–Trinajstić information content (AvgIpc) is 3.19. The summed E-state index contributed by atoms with van der Waals surface area (Å²) in [7, 11) is 1.32. The number of allylic oxidation sites excluding steroid dienone is 1. The van der Waals surface area contributed by atoms with Gasteiger partial charge in [-0.1, -0.05) is 44.4 Å². The van der Waals surface area contributed by atoms with Gasteiger partial charge in [0.2, 0.25) is 5.78 Å². The van der Waals surface area contributed by atoms with Crippen LogP contribution in [-0.2, 0) is 4.74 Å². The van der Waals surface area contributed by atoms with E-state index in [-0.39, 0.29) is 12.4 Å². The highest BCUT2D eigenvalue weighted by Gasteiger charge is 2.14. The molecule has 1 aromatic heterocycles. The van der Waals surface area contributed by atoms with E-state index in [1.54, 1.807) is 12.1 Å². The van der Waals surface area contributed by atoms with Crippen molar-refractivity contribution in [2.75, 3.05) is 13.7 Å². The average molecular weight is 401 g/mol. The van der Waals surface area contributed by atoms with Gasteiger partial charge in [0.1, 0.15) is 10.6 Å². The maximum Gasteiger partial charge on any atom is 0.348 e. The zero-order chi connectivity index (χ0) is 20.4. The van der Waals surface area contributed by atoms with Crippen molar-refractivity contribution in [3.05, 3.63) is 57.3 Å². The van der Waals surface area contributed by atoms with Crippen LogP contribution >= 0.6 is 11.3 Å². The molecule has 0 radical (unpaired) electrons. The van der Waals surface area contributed by atoms with Gasteiger partial charge in [0.05, 0.1) is 12.0 Å². The maximum absolute atomic E-state index is 12.3. The van der Waals surface area contributed by atoms with Crippen molar-refractivity contribution in [3.63, 3.8) is 0 Å². The standard InChI is InChI=1S/C23H28O4S/c1-4-5-6-7-8-9-10-18-11-12-19(15-17(18)2)27-16-20(24)21-13-14-22(28-21)23(25)26-3/h9-15H,4-8,16H2,1-3H3/b10-9+. The fraction of sp³-hybridized carbons (Fsp3) is 0.391. The summed E-state index contributed by atoms with van der Waals surface area (Å²) < 4.78 is 10.3. The number of thiophene rings is 1. The first-order chi connectivity index (χ1) is 13.5. The van der Waals surface area contributed by atoms with Crippen molar-refractivity contribution in [2.24, 2.45) is 0 Å². The third kappa shape index (κ3) is 6.64. The van der Waals surface area contributed by atoms with E-state index >= 15 is 0 Å². The summed E-state index contributed by atoms with van der Waals surface area (Å²) in [5, 5.41) is 0.